The Kier molecular flexibility index (Phi) is 5.58. The van der Waals surface area contributed by atoms with Crippen LogP contribution in [0.5, 0.6) is 0 Å². The van der Waals surface area contributed by atoms with Crippen LogP contribution in [0.2, 0.25) is 0 Å². The Morgan fingerprint density at radius 2 is 2.00 bits per heavy atom. The average Bonchev–Trinajstić information content (AvgIpc) is 3.07. The predicted octanol–water partition coefficient (Wildman–Crippen LogP) is 1.49. The fourth-order valence-electron chi connectivity index (χ4n) is 4.59. The first-order valence-electron chi connectivity index (χ1n) is 10.6. The van der Waals surface area contributed by atoms with E-state index in [2.05, 4.69) is 15.3 Å². The first kappa shape index (κ1) is 21.2. The number of hydrogen-bond donors (Lipinski definition) is 2. The molecule has 2 fully saturated rings. The predicted molar refractivity (Wildman–Crippen MR) is 115 cm³/mol. The van der Waals surface area contributed by atoms with E-state index in [9.17, 15) is 18.3 Å². The fourth-order valence-corrected chi connectivity index (χ4v) is 5.72. The molecule has 1 aliphatic heterocycles. The molecular weight excluding hydrogens is 406 g/mol. The Labute approximate surface area is 176 Å². The zero-order valence-corrected chi connectivity index (χ0v) is 18.2. The summed E-state index contributed by atoms with van der Waals surface area (Å²) in [4.78, 5) is 21.7. The molecule has 0 amide bonds. The molecule has 30 heavy (non-hydrogen) atoms. The van der Waals surface area contributed by atoms with Crippen molar-refractivity contribution >= 4 is 27.0 Å². The number of rotatable bonds is 5. The molecule has 0 spiro atoms. The molecule has 0 radical (unpaired) electrons. The van der Waals surface area contributed by atoms with Gasteiger partial charge < -0.3 is 10.4 Å². The van der Waals surface area contributed by atoms with Gasteiger partial charge in [-0.2, -0.15) is 4.98 Å². The van der Waals surface area contributed by atoms with Gasteiger partial charge >= 0.3 is 0 Å². The van der Waals surface area contributed by atoms with E-state index >= 15 is 0 Å². The van der Waals surface area contributed by atoms with E-state index in [0.717, 1.165) is 18.2 Å². The summed E-state index contributed by atoms with van der Waals surface area (Å²) < 4.78 is 27.2. The Bertz CT molecular complexity index is 1090. The van der Waals surface area contributed by atoms with Crippen LogP contribution >= 0.6 is 0 Å². The van der Waals surface area contributed by atoms with Gasteiger partial charge in [0, 0.05) is 36.8 Å². The Hall–Kier alpha value is -2.04. The molecule has 2 aromatic rings. The SMILES string of the molecule is CCS(=O)(=O)N1CCC(Nc2ncc3ccc(=O)n(C4CCCC4(C)O)c3n2)CC1. The van der Waals surface area contributed by atoms with Crippen molar-refractivity contribution in [3.8, 4) is 0 Å². The highest BCUT2D eigenvalue weighted by Crippen LogP contribution is 2.39. The minimum absolute atomic E-state index is 0.0595. The van der Waals surface area contributed by atoms with E-state index in [1.165, 1.54) is 10.4 Å². The quantitative estimate of drug-likeness (QED) is 0.731. The molecule has 3 heterocycles. The van der Waals surface area contributed by atoms with E-state index < -0.39 is 15.6 Å². The smallest absolute Gasteiger partial charge is 0.252 e. The van der Waals surface area contributed by atoms with Crippen molar-refractivity contribution in [2.75, 3.05) is 24.2 Å². The van der Waals surface area contributed by atoms with E-state index in [-0.39, 0.29) is 23.4 Å². The molecule has 10 heteroatoms. The van der Waals surface area contributed by atoms with Crippen LogP contribution in [0.15, 0.2) is 23.1 Å². The largest absolute Gasteiger partial charge is 0.388 e. The third kappa shape index (κ3) is 3.95. The number of fused-ring (bicyclic) bond motifs is 1. The molecule has 2 atom stereocenters. The van der Waals surface area contributed by atoms with Gasteiger partial charge in [-0.15, -0.1) is 0 Å². The lowest BCUT2D eigenvalue weighted by Gasteiger charge is -2.31. The van der Waals surface area contributed by atoms with Gasteiger partial charge in [-0.25, -0.2) is 17.7 Å². The molecule has 4 rings (SSSR count). The topological polar surface area (TPSA) is 117 Å². The van der Waals surface area contributed by atoms with E-state index in [0.29, 0.717) is 43.9 Å². The van der Waals surface area contributed by atoms with Crippen LogP contribution in [0.4, 0.5) is 5.95 Å². The number of nitrogens with one attached hydrogen (secondary N) is 1. The van der Waals surface area contributed by atoms with E-state index in [1.807, 2.05) is 0 Å². The first-order valence-corrected chi connectivity index (χ1v) is 12.2. The summed E-state index contributed by atoms with van der Waals surface area (Å²) >= 11 is 0. The van der Waals surface area contributed by atoms with Gasteiger partial charge in [-0.3, -0.25) is 9.36 Å². The molecular formula is C20H29N5O4S. The van der Waals surface area contributed by atoms with Gasteiger partial charge in [0.25, 0.3) is 5.56 Å². The lowest BCUT2D eigenvalue weighted by Crippen LogP contribution is -2.43. The molecule has 2 unspecified atom stereocenters. The summed E-state index contributed by atoms with van der Waals surface area (Å²) in [5.41, 5.74) is -0.621. The standard InChI is InChI=1S/C20H29N5O4S/c1-3-30(28,29)24-11-8-15(9-12-24)22-19-21-13-14-6-7-17(26)25(18(14)23-19)16-5-4-10-20(16,2)27/h6-7,13,15-16,27H,3-5,8-12H2,1-2H3,(H,21,22,23). The van der Waals surface area contributed by atoms with Crippen molar-refractivity contribution < 1.29 is 13.5 Å². The van der Waals surface area contributed by atoms with Crippen LogP contribution in [-0.2, 0) is 10.0 Å². The second kappa shape index (κ2) is 7.90. The lowest BCUT2D eigenvalue weighted by molar-refractivity contribution is 0.0267. The number of sulfonamides is 1. The van der Waals surface area contributed by atoms with Gasteiger partial charge in [0.15, 0.2) is 0 Å². The van der Waals surface area contributed by atoms with E-state index in [1.54, 1.807) is 30.7 Å². The summed E-state index contributed by atoms with van der Waals surface area (Å²) in [5, 5.41) is 14.8. The maximum atomic E-state index is 12.7. The zero-order chi connectivity index (χ0) is 21.5. The highest BCUT2D eigenvalue weighted by atomic mass is 32.2. The lowest BCUT2D eigenvalue weighted by atomic mass is 10.00. The van der Waals surface area contributed by atoms with Crippen LogP contribution < -0.4 is 10.9 Å². The molecule has 1 saturated carbocycles. The first-order chi connectivity index (χ1) is 14.2. The fraction of sp³-hybridized carbons (Fsp3) is 0.650. The minimum atomic E-state index is -3.16. The zero-order valence-electron chi connectivity index (χ0n) is 17.4. The van der Waals surface area contributed by atoms with Gasteiger partial charge in [0.05, 0.1) is 17.4 Å². The summed E-state index contributed by atoms with van der Waals surface area (Å²) in [7, 11) is -3.16. The van der Waals surface area contributed by atoms with Crippen molar-refractivity contribution in [3.63, 3.8) is 0 Å². The number of pyridine rings is 1. The summed E-state index contributed by atoms with van der Waals surface area (Å²) in [6, 6.07) is 2.94. The molecule has 9 nitrogen and oxygen atoms in total. The van der Waals surface area contributed by atoms with Gasteiger partial charge in [0.1, 0.15) is 5.65 Å². The molecule has 1 saturated heterocycles. The number of nitrogens with zero attached hydrogens (tertiary/aromatic N) is 4. The molecule has 2 aliphatic rings. The second-order valence-corrected chi connectivity index (χ2v) is 10.8. The number of aliphatic hydroxyl groups is 1. The number of piperidine rings is 1. The molecule has 1 aliphatic carbocycles. The van der Waals surface area contributed by atoms with Crippen LogP contribution in [0.1, 0.15) is 52.0 Å². The third-order valence-corrected chi connectivity index (χ3v) is 8.28. The Balaban J connectivity index is 1.58. The minimum Gasteiger partial charge on any atom is -0.388 e. The molecule has 2 N–H and O–H groups in total. The van der Waals surface area contributed by atoms with Crippen molar-refractivity contribution in [1.29, 1.82) is 0 Å². The number of anilines is 1. The maximum Gasteiger partial charge on any atom is 0.252 e. The summed E-state index contributed by atoms with van der Waals surface area (Å²) in [6.07, 6.45) is 5.25. The van der Waals surface area contributed by atoms with E-state index in [4.69, 9.17) is 0 Å². The molecule has 0 bridgehead atoms. The maximum absolute atomic E-state index is 12.7. The van der Waals surface area contributed by atoms with Gasteiger partial charge in [-0.1, -0.05) is 0 Å². The van der Waals surface area contributed by atoms with Crippen LogP contribution in [0.3, 0.4) is 0 Å². The van der Waals surface area contributed by atoms with Crippen LogP contribution in [0.25, 0.3) is 11.0 Å². The molecule has 2 aromatic heterocycles. The highest BCUT2D eigenvalue weighted by molar-refractivity contribution is 7.89. The van der Waals surface area contributed by atoms with Crippen LogP contribution in [0, 0.1) is 0 Å². The van der Waals surface area contributed by atoms with Crippen molar-refractivity contribution in [3.05, 3.63) is 28.7 Å². The summed E-state index contributed by atoms with van der Waals surface area (Å²) in [5.74, 6) is 0.526. The second-order valence-electron chi connectivity index (χ2n) is 8.50. The van der Waals surface area contributed by atoms with Crippen molar-refractivity contribution in [1.82, 2.24) is 18.8 Å². The Morgan fingerprint density at radius 3 is 2.63 bits per heavy atom. The third-order valence-electron chi connectivity index (χ3n) is 6.40. The van der Waals surface area contributed by atoms with Gasteiger partial charge in [0.2, 0.25) is 16.0 Å². The Morgan fingerprint density at radius 1 is 1.27 bits per heavy atom. The van der Waals surface area contributed by atoms with Crippen molar-refractivity contribution in [2.24, 2.45) is 0 Å². The highest BCUT2D eigenvalue weighted by Gasteiger charge is 2.39. The summed E-state index contributed by atoms with van der Waals surface area (Å²) in [6.45, 7) is 4.37. The van der Waals surface area contributed by atoms with Crippen LogP contribution in [-0.4, -0.2) is 62.8 Å². The average molecular weight is 436 g/mol. The molecule has 0 aromatic carbocycles. The monoisotopic (exact) mass is 435 g/mol. The van der Waals surface area contributed by atoms with Crippen molar-refractivity contribution in [2.45, 2.75) is 63.6 Å². The normalized spacial score (nSPS) is 26.3. The van der Waals surface area contributed by atoms with Gasteiger partial charge in [-0.05, 0) is 52.0 Å². The molecule has 164 valence electrons. The number of aromatic nitrogens is 3. The number of hydrogen-bond acceptors (Lipinski definition) is 7.